The van der Waals surface area contributed by atoms with Crippen molar-refractivity contribution in [3.63, 3.8) is 0 Å². The summed E-state index contributed by atoms with van der Waals surface area (Å²) in [7, 11) is -5.14. The van der Waals surface area contributed by atoms with Gasteiger partial charge < -0.3 is 33.5 Å². The number of carbonyl (C=O) groups excluding carboxylic acids is 1. The van der Waals surface area contributed by atoms with E-state index in [0.717, 1.165) is 6.26 Å². The van der Waals surface area contributed by atoms with E-state index in [1.54, 1.807) is 24.6 Å². The first kappa shape index (κ1) is 38.3. The van der Waals surface area contributed by atoms with Crippen LogP contribution < -0.4 is 14.8 Å². The van der Waals surface area contributed by atoms with E-state index in [1.807, 2.05) is 6.92 Å². The fourth-order valence-corrected chi connectivity index (χ4v) is 6.79. The van der Waals surface area contributed by atoms with Gasteiger partial charge >= 0.3 is 19.5 Å². The number of ether oxygens (including phenoxy) is 3. The number of amides is 1. The number of anilines is 1. The Morgan fingerprint density at radius 1 is 1.08 bits per heavy atom. The zero-order valence-corrected chi connectivity index (χ0v) is 28.6. The number of nitrogens with one attached hydrogen (secondary N) is 1. The van der Waals surface area contributed by atoms with Crippen molar-refractivity contribution in [1.29, 1.82) is 0 Å². The Kier molecular flexibility index (Phi) is 14.2. The van der Waals surface area contributed by atoms with Gasteiger partial charge in [0.15, 0.2) is 20.0 Å². The van der Waals surface area contributed by atoms with E-state index in [1.165, 1.54) is 35.7 Å². The molecule has 48 heavy (non-hydrogen) atoms. The van der Waals surface area contributed by atoms with Gasteiger partial charge in [0.25, 0.3) is 5.91 Å². The highest BCUT2D eigenvalue weighted by atomic mass is 32.2. The van der Waals surface area contributed by atoms with E-state index in [-0.39, 0.29) is 34.4 Å². The molecule has 3 N–H and O–H groups in total. The summed E-state index contributed by atoms with van der Waals surface area (Å²) in [4.78, 5) is 40.6. The van der Waals surface area contributed by atoms with Crippen molar-refractivity contribution >= 4 is 51.7 Å². The summed E-state index contributed by atoms with van der Waals surface area (Å²) in [5.41, 5.74) is 0.714. The highest BCUT2D eigenvalue weighted by Crippen LogP contribution is 2.53. The number of thiazole rings is 1. The van der Waals surface area contributed by atoms with Crippen molar-refractivity contribution in [2.45, 2.75) is 37.1 Å². The van der Waals surface area contributed by atoms with Gasteiger partial charge in [-0.15, -0.1) is 11.3 Å². The Balaban J connectivity index is 0.000000694. The molecule has 1 unspecified atom stereocenters. The molecule has 0 radical (unpaired) electrons. The first-order valence-electron chi connectivity index (χ1n) is 14.1. The number of rotatable bonds is 14. The van der Waals surface area contributed by atoms with Crippen molar-refractivity contribution in [3.8, 4) is 17.2 Å². The SMILES string of the molecule is CCC(COC)Oc1cc(Oc2ccc(S(C)(=O)=O)nc2)cc(C(=O)Nc2nc(CP3(=O)OCCCO3)cs2)c1.O=C(O)/C=C/C(=O)O. The average molecular weight is 728 g/mol. The zero-order valence-electron chi connectivity index (χ0n) is 26.1. The lowest BCUT2D eigenvalue weighted by molar-refractivity contribution is -0.134. The van der Waals surface area contributed by atoms with Crippen LogP contribution in [-0.2, 0) is 43.9 Å². The van der Waals surface area contributed by atoms with Crippen LogP contribution in [0.15, 0.2) is 59.1 Å². The third-order valence-electron chi connectivity index (χ3n) is 5.94. The number of hydrogen-bond donors (Lipinski definition) is 3. The largest absolute Gasteiger partial charge is 0.488 e. The fraction of sp³-hybridized carbons (Fsp3) is 0.345. The quantitative estimate of drug-likeness (QED) is 0.152. The molecule has 1 aliphatic heterocycles. The lowest BCUT2D eigenvalue weighted by Crippen LogP contribution is -2.21. The van der Waals surface area contributed by atoms with E-state index in [2.05, 4.69) is 15.3 Å². The first-order chi connectivity index (χ1) is 22.7. The summed E-state index contributed by atoms with van der Waals surface area (Å²) < 4.78 is 63.9. The molecule has 0 spiro atoms. The summed E-state index contributed by atoms with van der Waals surface area (Å²) in [6, 6.07) is 7.51. The minimum atomic E-state index is -3.46. The maximum Gasteiger partial charge on any atom is 0.336 e. The molecule has 1 aliphatic rings. The van der Waals surface area contributed by atoms with Crippen LogP contribution in [-0.4, -0.2) is 85.7 Å². The van der Waals surface area contributed by atoms with Crippen LogP contribution in [0.2, 0.25) is 0 Å². The van der Waals surface area contributed by atoms with Gasteiger partial charge in [-0.3, -0.25) is 14.7 Å². The highest BCUT2D eigenvalue weighted by Gasteiger charge is 2.29. The number of carbonyl (C=O) groups is 3. The lowest BCUT2D eigenvalue weighted by atomic mass is 10.2. The van der Waals surface area contributed by atoms with Crippen LogP contribution in [0.4, 0.5) is 5.13 Å². The van der Waals surface area contributed by atoms with Crippen molar-refractivity contribution in [2.24, 2.45) is 0 Å². The summed E-state index contributed by atoms with van der Waals surface area (Å²) >= 11 is 1.18. The Labute approximate surface area is 280 Å². The second kappa shape index (κ2) is 17.8. The molecule has 3 heterocycles. The number of hydrogen-bond acceptors (Lipinski definition) is 14. The third kappa shape index (κ3) is 12.8. The molecule has 1 aromatic carbocycles. The molecular formula is C29H34N3O13PS2. The number of aromatic nitrogens is 2. The van der Waals surface area contributed by atoms with Crippen molar-refractivity contribution in [3.05, 3.63) is 65.3 Å². The fourth-order valence-electron chi connectivity index (χ4n) is 3.77. The molecule has 260 valence electrons. The second-order valence-electron chi connectivity index (χ2n) is 9.90. The van der Waals surface area contributed by atoms with Gasteiger partial charge in [-0.25, -0.2) is 28.0 Å². The molecule has 1 atom stereocenters. The van der Waals surface area contributed by atoms with Gasteiger partial charge in [0.1, 0.15) is 23.4 Å². The minimum absolute atomic E-state index is 0.0186. The molecule has 1 amide bonds. The van der Waals surface area contributed by atoms with Gasteiger partial charge in [0, 0.05) is 42.5 Å². The van der Waals surface area contributed by atoms with Crippen molar-refractivity contribution < 1.29 is 60.8 Å². The topological polar surface area (TPSA) is 227 Å². The third-order valence-corrected chi connectivity index (χ3v) is 9.61. The highest BCUT2D eigenvalue weighted by molar-refractivity contribution is 7.90. The normalized spacial score (nSPS) is 14.7. The first-order valence-corrected chi connectivity index (χ1v) is 18.6. The Hall–Kier alpha value is -4.19. The van der Waals surface area contributed by atoms with Crippen molar-refractivity contribution in [2.75, 3.05) is 38.5 Å². The van der Waals surface area contributed by atoms with E-state index >= 15 is 0 Å². The molecule has 2 aromatic heterocycles. The number of methoxy groups -OCH3 is 1. The van der Waals surface area contributed by atoms with Crippen LogP contribution in [0.25, 0.3) is 0 Å². The lowest BCUT2D eigenvalue weighted by Gasteiger charge is -2.22. The maximum atomic E-state index is 13.2. The van der Waals surface area contributed by atoms with Gasteiger partial charge in [-0.05, 0) is 37.1 Å². The number of nitrogens with zero attached hydrogens (tertiary/aromatic N) is 2. The molecule has 3 aromatic rings. The van der Waals surface area contributed by atoms with Gasteiger partial charge in [-0.1, -0.05) is 6.92 Å². The molecular weight excluding hydrogens is 693 g/mol. The molecule has 4 rings (SSSR count). The summed E-state index contributed by atoms with van der Waals surface area (Å²) in [5.74, 6) is -2.07. The van der Waals surface area contributed by atoms with Gasteiger partial charge in [0.05, 0.1) is 37.9 Å². The number of benzene rings is 1. The molecule has 0 bridgehead atoms. The number of pyridine rings is 1. The van der Waals surface area contributed by atoms with Gasteiger partial charge in [-0.2, -0.15) is 0 Å². The number of carboxylic acid groups (broad SMARTS) is 2. The Bertz CT molecular complexity index is 1740. The van der Waals surface area contributed by atoms with Crippen LogP contribution in [0, 0.1) is 0 Å². The van der Waals surface area contributed by atoms with E-state index < -0.39 is 35.3 Å². The van der Waals surface area contributed by atoms with Crippen LogP contribution in [0.5, 0.6) is 17.2 Å². The minimum Gasteiger partial charge on any atom is -0.488 e. The standard InChI is InChI=1S/C25H30N3O9PS2.C4H4O4/c1-4-19(14-33-2)36-21-10-17(11-22(12-21)37-20-6-7-23(26-13-20)40(3,31)32)24(29)28-25-27-18(16-39-25)15-38(30)34-8-5-9-35-38;5-3(6)1-2-4(7)8/h6-7,10-13,16,19H,4-5,8-9,14-15H2,1-3H3,(H,27,28,29);1-2H,(H,5,6)(H,7,8)/b;2-1+. The smallest absolute Gasteiger partial charge is 0.336 e. The second-order valence-corrected chi connectivity index (χ2v) is 14.8. The summed E-state index contributed by atoms with van der Waals surface area (Å²) in [6.45, 7) is 3.04. The molecule has 19 heteroatoms. The summed E-state index contributed by atoms with van der Waals surface area (Å²) in [5, 5.41) is 20.3. The van der Waals surface area contributed by atoms with Crippen LogP contribution in [0.1, 0.15) is 35.8 Å². The van der Waals surface area contributed by atoms with Gasteiger partial charge in [0.2, 0.25) is 0 Å². The summed E-state index contributed by atoms with van der Waals surface area (Å²) in [6.07, 6.45) is 4.57. The van der Waals surface area contributed by atoms with E-state index in [4.69, 9.17) is 33.5 Å². The monoisotopic (exact) mass is 727 g/mol. The molecule has 1 fully saturated rings. The molecule has 0 aliphatic carbocycles. The zero-order chi connectivity index (χ0) is 35.3. The molecule has 16 nitrogen and oxygen atoms in total. The van der Waals surface area contributed by atoms with Crippen molar-refractivity contribution in [1.82, 2.24) is 9.97 Å². The Morgan fingerprint density at radius 2 is 1.75 bits per heavy atom. The Morgan fingerprint density at radius 3 is 2.31 bits per heavy atom. The average Bonchev–Trinajstić information content (AvgIpc) is 3.45. The van der Waals surface area contributed by atoms with E-state index in [0.29, 0.717) is 61.4 Å². The number of carboxylic acids is 2. The van der Waals surface area contributed by atoms with Crippen LogP contribution >= 0.6 is 18.9 Å². The molecule has 1 saturated heterocycles. The predicted molar refractivity (Wildman–Crippen MR) is 173 cm³/mol. The van der Waals surface area contributed by atoms with E-state index in [9.17, 15) is 27.4 Å². The molecule has 0 saturated carbocycles. The predicted octanol–water partition coefficient (Wildman–Crippen LogP) is 4.63. The maximum absolute atomic E-state index is 13.2. The van der Waals surface area contributed by atoms with Crippen LogP contribution in [0.3, 0.4) is 0 Å². The number of sulfone groups is 1. The number of aliphatic carboxylic acids is 2.